The summed E-state index contributed by atoms with van der Waals surface area (Å²) in [5.41, 5.74) is 9.61. The molecule has 1 rings (SSSR count). The standard InChI is InChI=1S/C11H17N.ClH/c1-8-4-9(2)6-11(5-8)10(3)7-12;/h4-6,10H,7,12H2,1-3H3;1H. The first kappa shape index (κ1) is 12.5. The Morgan fingerprint density at radius 2 is 1.62 bits per heavy atom. The van der Waals surface area contributed by atoms with Gasteiger partial charge in [-0.3, -0.25) is 0 Å². The van der Waals surface area contributed by atoms with Crippen LogP contribution in [0.3, 0.4) is 0 Å². The van der Waals surface area contributed by atoms with Gasteiger partial charge in [0.25, 0.3) is 0 Å². The molecule has 0 amide bonds. The van der Waals surface area contributed by atoms with Crippen LogP contribution in [0.1, 0.15) is 29.5 Å². The molecule has 0 radical (unpaired) electrons. The number of aryl methyl sites for hydroxylation is 2. The summed E-state index contributed by atoms with van der Waals surface area (Å²) in [7, 11) is 0. The van der Waals surface area contributed by atoms with Crippen LogP contribution in [0.4, 0.5) is 0 Å². The molecule has 2 heteroatoms. The summed E-state index contributed by atoms with van der Waals surface area (Å²) in [5.74, 6) is 0.476. The first-order chi connectivity index (χ1) is 5.63. The number of hydrogen-bond donors (Lipinski definition) is 1. The number of hydrogen-bond acceptors (Lipinski definition) is 1. The fourth-order valence-corrected chi connectivity index (χ4v) is 1.43. The average molecular weight is 200 g/mol. The van der Waals surface area contributed by atoms with Gasteiger partial charge in [0, 0.05) is 0 Å². The van der Waals surface area contributed by atoms with Gasteiger partial charge in [0.1, 0.15) is 0 Å². The third kappa shape index (κ3) is 3.37. The Bertz CT molecular complexity index is 251. The Balaban J connectivity index is 0.00000144. The van der Waals surface area contributed by atoms with Crippen LogP contribution in [0.5, 0.6) is 0 Å². The lowest BCUT2D eigenvalue weighted by atomic mass is 9.97. The Morgan fingerprint density at radius 3 is 2.00 bits per heavy atom. The van der Waals surface area contributed by atoms with E-state index in [0.717, 1.165) is 6.54 Å². The van der Waals surface area contributed by atoms with Gasteiger partial charge in [-0.1, -0.05) is 36.2 Å². The van der Waals surface area contributed by atoms with Crippen LogP contribution in [0.25, 0.3) is 0 Å². The van der Waals surface area contributed by atoms with E-state index in [0.29, 0.717) is 5.92 Å². The minimum absolute atomic E-state index is 0. The van der Waals surface area contributed by atoms with Crippen LogP contribution in [0.15, 0.2) is 18.2 Å². The molecule has 1 aromatic carbocycles. The lowest BCUT2D eigenvalue weighted by Crippen LogP contribution is -2.09. The van der Waals surface area contributed by atoms with E-state index in [4.69, 9.17) is 5.73 Å². The molecule has 1 aromatic rings. The maximum absolute atomic E-state index is 5.60. The molecule has 0 aliphatic rings. The number of halogens is 1. The van der Waals surface area contributed by atoms with Gasteiger partial charge in [-0.05, 0) is 31.9 Å². The van der Waals surface area contributed by atoms with Gasteiger partial charge in [-0.25, -0.2) is 0 Å². The minimum atomic E-state index is 0. The van der Waals surface area contributed by atoms with Crippen molar-refractivity contribution in [3.8, 4) is 0 Å². The molecule has 1 unspecified atom stereocenters. The van der Waals surface area contributed by atoms with Gasteiger partial charge in [0.15, 0.2) is 0 Å². The highest BCUT2D eigenvalue weighted by Crippen LogP contribution is 2.17. The van der Waals surface area contributed by atoms with Crippen LogP contribution in [-0.4, -0.2) is 6.54 Å². The van der Waals surface area contributed by atoms with Gasteiger partial charge in [0.05, 0.1) is 0 Å². The molecule has 1 nitrogen and oxygen atoms in total. The second-order valence-electron chi connectivity index (χ2n) is 3.56. The predicted octanol–water partition coefficient (Wildman–Crippen LogP) is 2.79. The molecule has 0 heterocycles. The highest BCUT2D eigenvalue weighted by atomic mass is 35.5. The zero-order valence-corrected chi connectivity index (χ0v) is 9.32. The molecule has 0 bridgehead atoms. The molecule has 0 saturated heterocycles. The SMILES string of the molecule is Cc1cc(C)cc(C(C)CN)c1.Cl. The number of benzene rings is 1. The van der Waals surface area contributed by atoms with Gasteiger partial charge in [-0.15, -0.1) is 12.4 Å². The zero-order valence-electron chi connectivity index (χ0n) is 8.50. The van der Waals surface area contributed by atoms with Crippen LogP contribution in [0, 0.1) is 13.8 Å². The van der Waals surface area contributed by atoms with Crippen molar-refractivity contribution >= 4 is 12.4 Å². The lowest BCUT2D eigenvalue weighted by molar-refractivity contribution is 0.772. The van der Waals surface area contributed by atoms with E-state index in [1.54, 1.807) is 0 Å². The number of rotatable bonds is 2. The second kappa shape index (κ2) is 5.25. The van der Waals surface area contributed by atoms with Crippen LogP contribution in [0.2, 0.25) is 0 Å². The van der Waals surface area contributed by atoms with Gasteiger partial charge in [-0.2, -0.15) is 0 Å². The van der Waals surface area contributed by atoms with Crippen molar-refractivity contribution in [3.05, 3.63) is 34.9 Å². The van der Waals surface area contributed by atoms with E-state index in [1.807, 2.05) is 0 Å². The molecule has 0 aliphatic carbocycles. The maximum atomic E-state index is 5.60. The molecule has 0 aliphatic heterocycles. The Hall–Kier alpha value is -0.530. The molecule has 13 heavy (non-hydrogen) atoms. The van der Waals surface area contributed by atoms with Gasteiger partial charge in [0.2, 0.25) is 0 Å². The summed E-state index contributed by atoms with van der Waals surface area (Å²) >= 11 is 0. The normalized spacial score (nSPS) is 12.0. The minimum Gasteiger partial charge on any atom is -0.330 e. The largest absolute Gasteiger partial charge is 0.330 e. The summed E-state index contributed by atoms with van der Waals surface area (Å²) in [6.07, 6.45) is 0. The summed E-state index contributed by atoms with van der Waals surface area (Å²) in [4.78, 5) is 0. The Morgan fingerprint density at radius 1 is 1.15 bits per heavy atom. The van der Waals surface area contributed by atoms with Crippen LogP contribution < -0.4 is 5.73 Å². The molecule has 0 aromatic heterocycles. The molecule has 0 spiro atoms. The topological polar surface area (TPSA) is 26.0 Å². The van der Waals surface area contributed by atoms with Gasteiger partial charge >= 0.3 is 0 Å². The van der Waals surface area contributed by atoms with E-state index in [2.05, 4.69) is 39.0 Å². The lowest BCUT2D eigenvalue weighted by Gasteiger charge is -2.10. The Kier molecular flexibility index (Phi) is 5.04. The fourth-order valence-electron chi connectivity index (χ4n) is 1.43. The molecule has 0 fully saturated rings. The third-order valence-corrected chi connectivity index (χ3v) is 2.17. The summed E-state index contributed by atoms with van der Waals surface area (Å²) in [5, 5.41) is 0. The molecular weight excluding hydrogens is 182 g/mol. The maximum Gasteiger partial charge on any atom is -0.00109 e. The molecule has 0 saturated carbocycles. The fraction of sp³-hybridized carbons (Fsp3) is 0.455. The first-order valence-electron chi connectivity index (χ1n) is 4.41. The van der Waals surface area contributed by atoms with E-state index in [1.165, 1.54) is 16.7 Å². The molecule has 1 atom stereocenters. The van der Waals surface area contributed by atoms with E-state index < -0.39 is 0 Å². The quantitative estimate of drug-likeness (QED) is 0.779. The first-order valence-corrected chi connectivity index (χ1v) is 4.41. The molecular formula is C11H18ClN. The van der Waals surface area contributed by atoms with Crippen molar-refractivity contribution in [2.45, 2.75) is 26.7 Å². The predicted molar refractivity (Wildman–Crippen MR) is 60.6 cm³/mol. The van der Waals surface area contributed by atoms with Crippen molar-refractivity contribution in [1.29, 1.82) is 0 Å². The van der Waals surface area contributed by atoms with Crippen molar-refractivity contribution < 1.29 is 0 Å². The number of nitrogens with two attached hydrogens (primary N) is 1. The third-order valence-electron chi connectivity index (χ3n) is 2.17. The van der Waals surface area contributed by atoms with Gasteiger partial charge < -0.3 is 5.73 Å². The highest BCUT2D eigenvalue weighted by Gasteiger charge is 2.03. The highest BCUT2D eigenvalue weighted by molar-refractivity contribution is 5.85. The van der Waals surface area contributed by atoms with Crippen molar-refractivity contribution in [2.75, 3.05) is 6.54 Å². The van der Waals surface area contributed by atoms with Crippen molar-refractivity contribution in [1.82, 2.24) is 0 Å². The van der Waals surface area contributed by atoms with Crippen molar-refractivity contribution in [3.63, 3.8) is 0 Å². The van der Waals surface area contributed by atoms with E-state index in [-0.39, 0.29) is 12.4 Å². The van der Waals surface area contributed by atoms with Crippen molar-refractivity contribution in [2.24, 2.45) is 5.73 Å². The Labute approximate surface area is 86.7 Å². The molecule has 2 N–H and O–H groups in total. The van der Waals surface area contributed by atoms with Crippen LogP contribution >= 0.6 is 12.4 Å². The van der Waals surface area contributed by atoms with E-state index in [9.17, 15) is 0 Å². The zero-order chi connectivity index (χ0) is 9.14. The average Bonchev–Trinajstić information content (AvgIpc) is 2.01. The summed E-state index contributed by atoms with van der Waals surface area (Å²) in [6.45, 7) is 7.14. The summed E-state index contributed by atoms with van der Waals surface area (Å²) < 4.78 is 0. The molecule has 74 valence electrons. The van der Waals surface area contributed by atoms with Crippen LogP contribution in [-0.2, 0) is 0 Å². The monoisotopic (exact) mass is 199 g/mol. The second-order valence-corrected chi connectivity index (χ2v) is 3.56. The summed E-state index contributed by atoms with van der Waals surface area (Å²) in [6, 6.07) is 6.61. The van der Waals surface area contributed by atoms with E-state index >= 15 is 0 Å². The smallest absolute Gasteiger partial charge is 0.00109 e.